The zero-order valence-corrected chi connectivity index (χ0v) is 11.9. The van der Waals surface area contributed by atoms with Gasteiger partial charge in [-0.3, -0.25) is 19.6 Å². The van der Waals surface area contributed by atoms with E-state index in [1.54, 1.807) is 14.0 Å². The second kappa shape index (κ2) is 5.58. The molecule has 0 atom stereocenters. The summed E-state index contributed by atoms with van der Waals surface area (Å²) in [6.45, 7) is 3.40. The van der Waals surface area contributed by atoms with Crippen molar-refractivity contribution in [3.8, 4) is 0 Å². The summed E-state index contributed by atoms with van der Waals surface area (Å²) >= 11 is 0. The van der Waals surface area contributed by atoms with Gasteiger partial charge >= 0.3 is 5.69 Å². The first-order valence-corrected chi connectivity index (χ1v) is 6.57. The minimum absolute atomic E-state index is 0.0561. The predicted molar refractivity (Wildman–Crippen MR) is 72.6 cm³/mol. The van der Waals surface area contributed by atoms with Crippen molar-refractivity contribution in [2.24, 2.45) is 7.05 Å². The molecule has 1 amide bonds. The van der Waals surface area contributed by atoms with Gasteiger partial charge in [-0.1, -0.05) is 0 Å². The number of nitrogens with zero attached hydrogens (tertiary/aromatic N) is 4. The summed E-state index contributed by atoms with van der Waals surface area (Å²) in [7, 11) is 3.62. The number of likely N-dealkylation sites (tertiary alicyclic amines) is 1. The molecule has 0 bridgehead atoms. The summed E-state index contributed by atoms with van der Waals surface area (Å²) in [6.07, 6.45) is 1.70. The quantitative estimate of drug-likeness (QED) is 0.641. The van der Waals surface area contributed by atoms with Crippen molar-refractivity contribution in [3.63, 3.8) is 0 Å². The van der Waals surface area contributed by atoms with Crippen LogP contribution < -0.4 is 5.32 Å². The normalized spacial score (nSPS) is 17.1. The summed E-state index contributed by atoms with van der Waals surface area (Å²) in [5.41, 5.74) is 0.0652. The van der Waals surface area contributed by atoms with Crippen LogP contribution in [-0.4, -0.2) is 51.7 Å². The summed E-state index contributed by atoms with van der Waals surface area (Å²) < 4.78 is 1.36. The standard InChI is InChI=1S/C12H19N5O3/c1-8-11(17(19)20)10(14-16(8)3)12(18)13-9-4-6-15(2)7-5-9/h9H,4-7H2,1-3H3,(H,13,18). The van der Waals surface area contributed by atoms with Gasteiger partial charge in [0.2, 0.25) is 5.69 Å². The van der Waals surface area contributed by atoms with E-state index in [-0.39, 0.29) is 17.4 Å². The zero-order valence-electron chi connectivity index (χ0n) is 11.9. The fraction of sp³-hybridized carbons (Fsp3) is 0.667. The van der Waals surface area contributed by atoms with Crippen LogP contribution in [0.4, 0.5) is 5.69 Å². The van der Waals surface area contributed by atoms with Gasteiger partial charge < -0.3 is 10.2 Å². The van der Waals surface area contributed by atoms with Crippen LogP contribution in [0.15, 0.2) is 0 Å². The molecule has 1 N–H and O–H groups in total. The minimum Gasteiger partial charge on any atom is -0.348 e. The highest BCUT2D eigenvalue weighted by molar-refractivity contribution is 5.96. The molecule has 1 aromatic rings. The molecule has 1 aromatic heterocycles. The molecule has 1 fully saturated rings. The number of hydrogen-bond donors (Lipinski definition) is 1. The maximum Gasteiger partial charge on any atom is 0.322 e. The molecule has 0 radical (unpaired) electrons. The van der Waals surface area contributed by atoms with E-state index < -0.39 is 10.8 Å². The van der Waals surface area contributed by atoms with E-state index in [1.807, 2.05) is 7.05 Å². The number of carbonyl (C=O) groups excluding carboxylic acids is 1. The van der Waals surface area contributed by atoms with Crippen LogP contribution in [-0.2, 0) is 7.05 Å². The van der Waals surface area contributed by atoms with E-state index in [2.05, 4.69) is 15.3 Å². The summed E-state index contributed by atoms with van der Waals surface area (Å²) in [5, 5.41) is 17.9. The van der Waals surface area contributed by atoms with Crippen molar-refractivity contribution < 1.29 is 9.72 Å². The molecule has 1 aliphatic rings. The van der Waals surface area contributed by atoms with Crippen LogP contribution in [0.5, 0.6) is 0 Å². The topological polar surface area (TPSA) is 93.3 Å². The first kappa shape index (κ1) is 14.4. The van der Waals surface area contributed by atoms with Gasteiger partial charge in [-0.2, -0.15) is 5.10 Å². The highest BCUT2D eigenvalue weighted by Gasteiger charge is 2.30. The lowest BCUT2D eigenvalue weighted by atomic mass is 10.1. The number of hydrogen-bond acceptors (Lipinski definition) is 5. The second-order valence-corrected chi connectivity index (χ2v) is 5.21. The third-order valence-electron chi connectivity index (χ3n) is 3.75. The SMILES string of the molecule is Cc1c([N+](=O)[O-])c(C(=O)NC2CCN(C)CC2)nn1C. The van der Waals surface area contributed by atoms with Gasteiger partial charge in [0.1, 0.15) is 5.69 Å². The monoisotopic (exact) mass is 281 g/mol. The number of rotatable bonds is 3. The maximum atomic E-state index is 12.2. The smallest absolute Gasteiger partial charge is 0.322 e. The number of nitro groups is 1. The number of aromatic nitrogens is 2. The van der Waals surface area contributed by atoms with E-state index in [0.717, 1.165) is 25.9 Å². The minimum atomic E-state index is -0.550. The van der Waals surface area contributed by atoms with Crippen molar-refractivity contribution in [1.82, 2.24) is 20.0 Å². The van der Waals surface area contributed by atoms with Gasteiger partial charge in [-0.15, -0.1) is 0 Å². The van der Waals surface area contributed by atoms with E-state index >= 15 is 0 Å². The van der Waals surface area contributed by atoms with E-state index in [1.165, 1.54) is 4.68 Å². The lowest BCUT2D eigenvalue weighted by Crippen LogP contribution is -2.43. The average molecular weight is 281 g/mol. The third kappa shape index (κ3) is 2.79. The first-order chi connectivity index (χ1) is 9.40. The predicted octanol–water partition coefficient (Wildman–Crippen LogP) is 0.461. The molecule has 0 aliphatic carbocycles. The van der Waals surface area contributed by atoms with Gasteiger partial charge in [0.15, 0.2) is 0 Å². The Balaban J connectivity index is 2.13. The van der Waals surface area contributed by atoms with E-state index in [4.69, 9.17) is 0 Å². The zero-order chi connectivity index (χ0) is 14.9. The molecule has 8 heteroatoms. The summed E-state index contributed by atoms with van der Waals surface area (Å²) in [6, 6.07) is 0.0561. The number of amides is 1. The molecule has 1 aliphatic heterocycles. The van der Waals surface area contributed by atoms with E-state index in [9.17, 15) is 14.9 Å². The lowest BCUT2D eigenvalue weighted by Gasteiger charge is -2.29. The fourth-order valence-corrected chi connectivity index (χ4v) is 2.38. The van der Waals surface area contributed by atoms with Crippen molar-refractivity contribution in [3.05, 3.63) is 21.5 Å². The fourth-order valence-electron chi connectivity index (χ4n) is 2.38. The van der Waals surface area contributed by atoms with Gasteiger partial charge in [-0.25, -0.2) is 0 Å². The molecule has 0 unspecified atom stereocenters. The Labute approximate surface area is 116 Å². The van der Waals surface area contributed by atoms with Gasteiger partial charge in [-0.05, 0) is 39.9 Å². The van der Waals surface area contributed by atoms with Gasteiger partial charge in [0.05, 0.1) is 4.92 Å². The Morgan fingerprint density at radius 2 is 2.00 bits per heavy atom. The van der Waals surface area contributed by atoms with Crippen molar-refractivity contribution in [1.29, 1.82) is 0 Å². The Kier molecular flexibility index (Phi) is 4.03. The molecule has 2 rings (SSSR count). The van der Waals surface area contributed by atoms with Crippen molar-refractivity contribution >= 4 is 11.6 Å². The number of piperidine rings is 1. The van der Waals surface area contributed by atoms with Gasteiger partial charge in [0, 0.05) is 13.1 Å². The Morgan fingerprint density at radius 1 is 1.40 bits per heavy atom. The number of nitrogens with one attached hydrogen (secondary N) is 1. The number of carbonyl (C=O) groups is 1. The third-order valence-corrected chi connectivity index (χ3v) is 3.75. The molecular weight excluding hydrogens is 262 g/mol. The molecule has 0 saturated carbocycles. The first-order valence-electron chi connectivity index (χ1n) is 6.57. The molecule has 1 saturated heterocycles. The lowest BCUT2D eigenvalue weighted by molar-refractivity contribution is -0.385. The van der Waals surface area contributed by atoms with Crippen molar-refractivity contribution in [2.45, 2.75) is 25.8 Å². The van der Waals surface area contributed by atoms with Crippen molar-refractivity contribution in [2.75, 3.05) is 20.1 Å². The maximum absolute atomic E-state index is 12.2. The summed E-state index contributed by atoms with van der Waals surface area (Å²) in [5.74, 6) is -0.463. The van der Waals surface area contributed by atoms with Crippen LogP contribution >= 0.6 is 0 Å². The van der Waals surface area contributed by atoms with Crippen LogP contribution in [0, 0.1) is 17.0 Å². The number of aryl methyl sites for hydroxylation is 1. The molecule has 0 aromatic carbocycles. The average Bonchev–Trinajstić information content (AvgIpc) is 2.69. The Morgan fingerprint density at radius 3 is 2.55 bits per heavy atom. The molecule has 20 heavy (non-hydrogen) atoms. The van der Waals surface area contributed by atoms with Crippen LogP contribution in [0.25, 0.3) is 0 Å². The highest BCUT2D eigenvalue weighted by Crippen LogP contribution is 2.22. The van der Waals surface area contributed by atoms with Crippen LogP contribution in [0.1, 0.15) is 29.0 Å². The second-order valence-electron chi connectivity index (χ2n) is 5.21. The molecule has 0 spiro atoms. The molecule has 2 heterocycles. The highest BCUT2D eigenvalue weighted by atomic mass is 16.6. The molecular formula is C12H19N5O3. The van der Waals surface area contributed by atoms with Gasteiger partial charge in [0.25, 0.3) is 5.91 Å². The Bertz CT molecular complexity index is 531. The molecule has 110 valence electrons. The Hall–Kier alpha value is -1.96. The van der Waals surface area contributed by atoms with E-state index in [0.29, 0.717) is 5.69 Å². The largest absolute Gasteiger partial charge is 0.348 e. The molecule has 8 nitrogen and oxygen atoms in total. The van der Waals surface area contributed by atoms with Crippen LogP contribution in [0.3, 0.4) is 0 Å². The summed E-state index contributed by atoms with van der Waals surface area (Å²) in [4.78, 5) is 24.9. The van der Waals surface area contributed by atoms with Crippen LogP contribution in [0.2, 0.25) is 0 Å².